The van der Waals surface area contributed by atoms with Crippen molar-refractivity contribution in [3.8, 4) is 0 Å². The predicted molar refractivity (Wildman–Crippen MR) is 57.3 cm³/mol. The minimum atomic E-state index is 0.371. The van der Waals surface area contributed by atoms with Crippen LogP contribution < -0.4 is 0 Å². The summed E-state index contributed by atoms with van der Waals surface area (Å²) in [6, 6.07) is 3.50. The smallest absolute Gasteiger partial charge is 0.148 e. The zero-order valence-corrected chi connectivity index (χ0v) is 9.36. The molecule has 0 aliphatic heterocycles. The van der Waals surface area contributed by atoms with Gasteiger partial charge in [-0.2, -0.15) is 0 Å². The quantitative estimate of drug-likeness (QED) is 0.734. The predicted octanol–water partition coefficient (Wildman–Crippen LogP) is 3.70. The van der Waals surface area contributed by atoms with Crippen LogP contribution in [0.3, 0.4) is 0 Å². The van der Waals surface area contributed by atoms with Crippen molar-refractivity contribution in [1.82, 2.24) is 9.97 Å². The van der Waals surface area contributed by atoms with Gasteiger partial charge in [0.2, 0.25) is 0 Å². The van der Waals surface area contributed by atoms with Crippen molar-refractivity contribution in [1.29, 1.82) is 0 Å². The average Bonchev–Trinajstić information content (AvgIpc) is 2.06. The minimum Gasteiger partial charge on any atom is -0.251 e. The van der Waals surface area contributed by atoms with Crippen molar-refractivity contribution in [3.05, 3.63) is 33.0 Å². The molecule has 0 atom stereocenters. The highest BCUT2D eigenvalue weighted by atomic mass is 79.9. The van der Waals surface area contributed by atoms with Gasteiger partial charge < -0.3 is 0 Å². The molecule has 13 heavy (non-hydrogen) atoms. The standard InChI is InChI=1S/C8H3BrCl2N2/c9-5-1-4(10)2-6-8(5)13-7(11)3-12-6/h1-3H. The minimum absolute atomic E-state index is 0.371. The van der Waals surface area contributed by atoms with Crippen molar-refractivity contribution in [2.24, 2.45) is 0 Å². The van der Waals surface area contributed by atoms with E-state index in [0.29, 0.717) is 10.2 Å². The monoisotopic (exact) mass is 276 g/mol. The van der Waals surface area contributed by atoms with Gasteiger partial charge in [-0.3, -0.25) is 4.98 Å². The van der Waals surface area contributed by atoms with Crippen molar-refractivity contribution in [2.75, 3.05) is 0 Å². The maximum atomic E-state index is 5.83. The summed E-state index contributed by atoms with van der Waals surface area (Å²) in [7, 11) is 0. The molecule has 0 radical (unpaired) electrons. The van der Waals surface area contributed by atoms with Crippen molar-refractivity contribution in [3.63, 3.8) is 0 Å². The van der Waals surface area contributed by atoms with Gasteiger partial charge in [-0.25, -0.2) is 4.98 Å². The highest BCUT2D eigenvalue weighted by Gasteiger charge is 2.03. The fraction of sp³-hybridized carbons (Fsp3) is 0. The highest BCUT2D eigenvalue weighted by Crippen LogP contribution is 2.26. The molecule has 0 N–H and O–H groups in total. The highest BCUT2D eigenvalue weighted by molar-refractivity contribution is 9.10. The number of aromatic nitrogens is 2. The Kier molecular flexibility index (Phi) is 2.41. The van der Waals surface area contributed by atoms with Crippen LogP contribution in [0.4, 0.5) is 0 Å². The van der Waals surface area contributed by atoms with Gasteiger partial charge in [0.15, 0.2) is 0 Å². The Hall–Kier alpha value is -0.380. The Morgan fingerprint density at radius 3 is 2.77 bits per heavy atom. The molecule has 1 aromatic heterocycles. The van der Waals surface area contributed by atoms with Crippen LogP contribution in [0.1, 0.15) is 0 Å². The molecule has 0 amide bonds. The molecule has 66 valence electrons. The SMILES string of the molecule is Clc1cc(Br)c2nc(Cl)cnc2c1. The molecule has 2 aromatic rings. The molecule has 2 nitrogen and oxygen atoms in total. The molecular formula is C8H3BrCl2N2. The number of hydrogen-bond acceptors (Lipinski definition) is 2. The van der Waals surface area contributed by atoms with Gasteiger partial charge in [0.1, 0.15) is 10.7 Å². The van der Waals surface area contributed by atoms with Crippen molar-refractivity contribution < 1.29 is 0 Å². The lowest BCUT2D eigenvalue weighted by atomic mass is 10.3. The van der Waals surface area contributed by atoms with Crippen LogP contribution in [0.15, 0.2) is 22.8 Å². The summed E-state index contributed by atoms with van der Waals surface area (Å²) in [6.07, 6.45) is 1.49. The second-order valence-corrected chi connectivity index (χ2v) is 4.13. The van der Waals surface area contributed by atoms with E-state index in [1.165, 1.54) is 6.20 Å². The Morgan fingerprint density at radius 2 is 2.00 bits per heavy atom. The van der Waals surface area contributed by atoms with E-state index in [2.05, 4.69) is 25.9 Å². The molecule has 5 heteroatoms. The summed E-state index contributed by atoms with van der Waals surface area (Å²) in [5.41, 5.74) is 1.45. The normalized spacial score (nSPS) is 10.7. The van der Waals surface area contributed by atoms with Gasteiger partial charge in [0, 0.05) is 9.50 Å². The summed E-state index contributed by atoms with van der Waals surface area (Å²) < 4.78 is 0.796. The first-order valence-corrected chi connectivity index (χ1v) is 4.99. The van der Waals surface area contributed by atoms with E-state index in [0.717, 1.165) is 15.5 Å². The van der Waals surface area contributed by atoms with Crippen LogP contribution in [0, 0.1) is 0 Å². The number of fused-ring (bicyclic) bond motifs is 1. The van der Waals surface area contributed by atoms with Crippen molar-refractivity contribution >= 4 is 50.2 Å². The Bertz CT molecular complexity index is 473. The second-order valence-electron chi connectivity index (χ2n) is 2.45. The van der Waals surface area contributed by atoms with Gasteiger partial charge in [-0.1, -0.05) is 23.2 Å². The molecule has 0 unspecified atom stereocenters. The Labute approximate surface area is 93.0 Å². The third kappa shape index (κ3) is 1.77. The van der Waals surface area contributed by atoms with Gasteiger partial charge in [0.05, 0.1) is 11.7 Å². The largest absolute Gasteiger partial charge is 0.251 e. The first kappa shape index (κ1) is 9.19. The third-order valence-electron chi connectivity index (χ3n) is 1.54. The van der Waals surface area contributed by atoms with E-state index in [-0.39, 0.29) is 0 Å². The zero-order chi connectivity index (χ0) is 9.42. The maximum Gasteiger partial charge on any atom is 0.148 e. The number of halogens is 3. The lowest BCUT2D eigenvalue weighted by molar-refractivity contribution is 1.29. The summed E-state index contributed by atoms with van der Waals surface area (Å²) >= 11 is 14.9. The topological polar surface area (TPSA) is 25.8 Å². The zero-order valence-electron chi connectivity index (χ0n) is 6.26. The Balaban J connectivity index is 2.87. The molecule has 2 rings (SSSR count). The van der Waals surface area contributed by atoms with Gasteiger partial charge in [-0.15, -0.1) is 0 Å². The van der Waals surface area contributed by atoms with E-state index in [1.54, 1.807) is 12.1 Å². The molecule has 1 aromatic carbocycles. The lowest BCUT2D eigenvalue weighted by Crippen LogP contribution is -1.85. The van der Waals surface area contributed by atoms with Crippen LogP contribution in [0.5, 0.6) is 0 Å². The molecule has 0 fully saturated rings. The number of hydrogen-bond donors (Lipinski definition) is 0. The van der Waals surface area contributed by atoms with E-state index in [1.807, 2.05) is 0 Å². The number of benzene rings is 1. The van der Waals surface area contributed by atoms with Crippen LogP contribution in [0.25, 0.3) is 11.0 Å². The maximum absolute atomic E-state index is 5.83. The van der Waals surface area contributed by atoms with Crippen LogP contribution >= 0.6 is 39.1 Å². The van der Waals surface area contributed by atoms with E-state index in [4.69, 9.17) is 23.2 Å². The van der Waals surface area contributed by atoms with Gasteiger partial charge in [0.25, 0.3) is 0 Å². The first-order chi connectivity index (χ1) is 6.16. The molecule has 0 saturated carbocycles. The third-order valence-corrected chi connectivity index (χ3v) is 2.54. The fourth-order valence-electron chi connectivity index (χ4n) is 1.02. The first-order valence-electron chi connectivity index (χ1n) is 3.44. The number of nitrogens with zero attached hydrogens (tertiary/aromatic N) is 2. The molecular weight excluding hydrogens is 275 g/mol. The summed E-state index contributed by atoms with van der Waals surface area (Å²) in [5.74, 6) is 0. The summed E-state index contributed by atoms with van der Waals surface area (Å²) in [4.78, 5) is 8.21. The van der Waals surface area contributed by atoms with E-state index < -0.39 is 0 Å². The molecule has 0 spiro atoms. The fourth-order valence-corrected chi connectivity index (χ4v) is 2.04. The second kappa shape index (κ2) is 3.40. The van der Waals surface area contributed by atoms with Crippen molar-refractivity contribution in [2.45, 2.75) is 0 Å². The lowest BCUT2D eigenvalue weighted by Gasteiger charge is -1.99. The van der Waals surface area contributed by atoms with Crippen LogP contribution in [-0.4, -0.2) is 9.97 Å². The molecule has 1 heterocycles. The Morgan fingerprint density at radius 1 is 1.23 bits per heavy atom. The number of rotatable bonds is 0. The molecule has 0 saturated heterocycles. The van der Waals surface area contributed by atoms with Gasteiger partial charge in [-0.05, 0) is 28.1 Å². The molecule has 0 bridgehead atoms. The summed E-state index contributed by atoms with van der Waals surface area (Å²) in [5, 5.41) is 0.992. The van der Waals surface area contributed by atoms with Crippen LogP contribution in [0.2, 0.25) is 10.2 Å². The van der Waals surface area contributed by atoms with Gasteiger partial charge >= 0.3 is 0 Å². The van der Waals surface area contributed by atoms with Crippen LogP contribution in [-0.2, 0) is 0 Å². The van der Waals surface area contributed by atoms with E-state index in [9.17, 15) is 0 Å². The molecule has 0 aliphatic carbocycles. The van der Waals surface area contributed by atoms with E-state index >= 15 is 0 Å². The average molecular weight is 278 g/mol. The summed E-state index contributed by atoms with van der Waals surface area (Å²) in [6.45, 7) is 0. The molecule has 0 aliphatic rings.